The first-order valence-corrected chi connectivity index (χ1v) is 11.7. The minimum atomic E-state index is 0.190. The van der Waals surface area contributed by atoms with Gasteiger partial charge in [-0.1, -0.05) is 48.5 Å². The standard InChI is InChI=1S/C29H35NO3/c1-30(2)17-16-22-10-11-25-18-23(12-14-26(25)29(22)33-5)20-6-8-21(9-7-20)24-13-15-27(31-3)28(19-24)32-4/h6-9,12-15,18-19,22,29H,10-11,16-17H2,1-5H3. The fraction of sp³-hybridized carbons (Fsp3) is 0.379. The smallest absolute Gasteiger partial charge is 0.161 e. The minimum absolute atomic E-state index is 0.190. The Kier molecular flexibility index (Phi) is 7.36. The van der Waals surface area contributed by atoms with Gasteiger partial charge >= 0.3 is 0 Å². The molecule has 0 aromatic heterocycles. The third-order valence-electron chi connectivity index (χ3n) is 6.80. The van der Waals surface area contributed by atoms with Gasteiger partial charge in [0.25, 0.3) is 0 Å². The number of aryl methyl sites for hydroxylation is 1. The van der Waals surface area contributed by atoms with E-state index < -0.39 is 0 Å². The number of rotatable bonds is 8. The maximum absolute atomic E-state index is 5.97. The van der Waals surface area contributed by atoms with E-state index in [9.17, 15) is 0 Å². The molecule has 2 atom stereocenters. The van der Waals surface area contributed by atoms with Crippen LogP contribution in [0.3, 0.4) is 0 Å². The SMILES string of the molecule is COc1ccc(-c2ccc(-c3ccc4c(c3)CCC(CCN(C)C)C4OC)cc2)cc1OC. The van der Waals surface area contributed by atoms with Crippen molar-refractivity contribution >= 4 is 0 Å². The number of methoxy groups -OCH3 is 3. The van der Waals surface area contributed by atoms with E-state index in [1.807, 2.05) is 19.2 Å². The van der Waals surface area contributed by atoms with Crippen LogP contribution in [0.1, 0.15) is 30.1 Å². The summed E-state index contributed by atoms with van der Waals surface area (Å²) in [6.45, 7) is 1.10. The highest BCUT2D eigenvalue weighted by molar-refractivity contribution is 5.72. The number of ether oxygens (including phenoxy) is 3. The van der Waals surface area contributed by atoms with Gasteiger partial charge in [-0.25, -0.2) is 0 Å². The Morgan fingerprint density at radius 2 is 1.36 bits per heavy atom. The molecular formula is C29H35NO3. The lowest BCUT2D eigenvalue weighted by Gasteiger charge is -2.33. The van der Waals surface area contributed by atoms with E-state index in [-0.39, 0.29) is 6.10 Å². The molecule has 0 bridgehead atoms. The van der Waals surface area contributed by atoms with Gasteiger partial charge in [0, 0.05) is 7.11 Å². The molecule has 1 aliphatic rings. The second-order valence-electron chi connectivity index (χ2n) is 9.11. The van der Waals surface area contributed by atoms with Crippen molar-refractivity contribution in [3.05, 3.63) is 71.8 Å². The normalized spacial score (nSPS) is 17.6. The summed E-state index contributed by atoms with van der Waals surface area (Å²) in [5, 5.41) is 0. The lowest BCUT2D eigenvalue weighted by molar-refractivity contribution is 0.0343. The quantitative estimate of drug-likeness (QED) is 0.411. The van der Waals surface area contributed by atoms with E-state index in [2.05, 4.69) is 67.5 Å². The molecule has 3 aromatic rings. The lowest BCUT2D eigenvalue weighted by Crippen LogP contribution is -2.26. The van der Waals surface area contributed by atoms with E-state index >= 15 is 0 Å². The third kappa shape index (κ3) is 5.07. The van der Waals surface area contributed by atoms with Crippen LogP contribution in [-0.4, -0.2) is 46.9 Å². The van der Waals surface area contributed by atoms with Crippen LogP contribution in [-0.2, 0) is 11.2 Å². The third-order valence-corrected chi connectivity index (χ3v) is 6.80. The van der Waals surface area contributed by atoms with Crippen molar-refractivity contribution in [3.8, 4) is 33.8 Å². The van der Waals surface area contributed by atoms with E-state index in [4.69, 9.17) is 14.2 Å². The zero-order valence-corrected chi connectivity index (χ0v) is 20.4. The van der Waals surface area contributed by atoms with Gasteiger partial charge in [0.05, 0.1) is 20.3 Å². The fourth-order valence-electron chi connectivity index (χ4n) is 4.94. The largest absolute Gasteiger partial charge is 0.493 e. The first-order valence-electron chi connectivity index (χ1n) is 11.7. The molecule has 0 spiro atoms. The van der Waals surface area contributed by atoms with Crippen LogP contribution in [0.25, 0.3) is 22.3 Å². The molecule has 3 aromatic carbocycles. The molecule has 4 heteroatoms. The van der Waals surface area contributed by atoms with Gasteiger partial charge in [0.2, 0.25) is 0 Å². The van der Waals surface area contributed by atoms with Crippen molar-refractivity contribution in [2.45, 2.75) is 25.4 Å². The molecule has 0 saturated carbocycles. The van der Waals surface area contributed by atoms with E-state index in [1.54, 1.807) is 14.2 Å². The van der Waals surface area contributed by atoms with Gasteiger partial charge in [0.15, 0.2) is 11.5 Å². The lowest BCUT2D eigenvalue weighted by atomic mass is 9.78. The molecule has 0 saturated heterocycles. The van der Waals surface area contributed by atoms with Crippen LogP contribution in [0, 0.1) is 5.92 Å². The monoisotopic (exact) mass is 445 g/mol. The molecule has 1 aliphatic carbocycles. The van der Waals surface area contributed by atoms with Crippen molar-refractivity contribution in [2.75, 3.05) is 42.0 Å². The first kappa shape index (κ1) is 23.3. The zero-order chi connectivity index (χ0) is 23.4. The topological polar surface area (TPSA) is 30.9 Å². The average Bonchev–Trinajstić information content (AvgIpc) is 2.86. The minimum Gasteiger partial charge on any atom is -0.493 e. The molecular weight excluding hydrogens is 410 g/mol. The Morgan fingerprint density at radius 1 is 0.758 bits per heavy atom. The van der Waals surface area contributed by atoms with E-state index in [0.717, 1.165) is 35.6 Å². The highest BCUT2D eigenvalue weighted by Crippen LogP contribution is 2.40. The summed E-state index contributed by atoms with van der Waals surface area (Å²) in [6.07, 6.45) is 3.66. The molecule has 0 aliphatic heterocycles. The van der Waals surface area contributed by atoms with Gasteiger partial charge in [-0.05, 0) is 91.3 Å². The summed E-state index contributed by atoms with van der Waals surface area (Å²) in [4.78, 5) is 2.26. The molecule has 0 N–H and O–H groups in total. The maximum atomic E-state index is 5.97. The number of benzene rings is 3. The van der Waals surface area contributed by atoms with Gasteiger partial charge in [0.1, 0.15) is 0 Å². The second-order valence-corrected chi connectivity index (χ2v) is 9.11. The maximum Gasteiger partial charge on any atom is 0.161 e. The first-order chi connectivity index (χ1) is 16.0. The molecule has 4 rings (SSSR count). The van der Waals surface area contributed by atoms with Crippen molar-refractivity contribution < 1.29 is 14.2 Å². The number of hydrogen-bond acceptors (Lipinski definition) is 4. The number of nitrogens with zero attached hydrogens (tertiary/aromatic N) is 1. The van der Waals surface area contributed by atoms with Crippen LogP contribution >= 0.6 is 0 Å². The zero-order valence-electron chi connectivity index (χ0n) is 20.4. The summed E-state index contributed by atoms with van der Waals surface area (Å²) in [5.41, 5.74) is 7.53. The molecule has 0 heterocycles. The van der Waals surface area contributed by atoms with Crippen LogP contribution in [0.5, 0.6) is 11.5 Å². The van der Waals surface area contributed by atoms with Crippen molar-refractivity contribution in [2.24, 2.45) is 5.92 Å². The average molecular weight is 446 g/mol. The van der Waals surface area contributed by atoms with E-state index in [1.165, 1.54) is 35.1 Å². The summed E-state index contributed by atoms with van der Waals surface area (Å²) in [6, 6.07) is 21.6. The molecule has 0 radical (unpaired) electrons. The second kappa shape index (κ2) is 10.4. The molecule has 4 nitrogen and oxygen atoms in total. The highest BCUT2D eigenvalue weighted by atomic mass is 16.5. The summed E-state index contributed by atoms with van der Waals surface area (Å²) >= 11 is 0. The van der Waals surface area contributed by atoms with Gasteiger partial charge < -0.3 is 19.1 Å². The Morgan fingerprint density at radius 3 is 1.97 bits per heavy atom. The van der Waals surface area contributed by atoms with Crippen molar-refractivity contribution in [1.82, 2.24) is 4.90 Å². The Bertz CT molecular complexity index is 1070. The van der Waals surface area contributed by atoms with Crippen LogP contribution in [0.4, 0.5) is 0 Å². The molecule has 0 amide bonds. The molecule has 174 valence electrons. The van der Waals surface area contributed by atoms with Gasteiger partial charge in [-0.3, -0.25) is 0 Å². The predicted molar refractivity (Wildman–Crippen MR) is 135 cm³/mol. The van der Waals surface area contributed by atoms with Gasteiger partial charge in [-0.15, -0.1) is 0 Å². The van der Waals surface area contributed by atoms with Crippen LogP contribution in [0.2, 0.25) is 0 Å². The fourth-order valence-corrected chi connectivity index (χ4v) is 4.94. The summed E-state index contributed by atoms with van der Waals surface area (Å²) < 4.78 is 16.8. The van der Waals surface area contributed by atoms with Crippen molar-refractivity contribution in [1.29, 1.82) is 0 Å². The Balaban J connectivity index is 1.55. The highest BCUT2D eigenvalue weighted by Gasteiger charge is 2.29. The van der Waals surface area contributed by atoms with Crippen LogP contribution < -0.4 is 9.47 Å². The summed E-state index contributed by atoms with van der Waals surface area (Å²) in [5.74, 6) is 2.06. The predicted octanol–water partition coefficient (Wildman–Crippen LogP) is 6.24. The molecule has 0 fully saturated rings. The summed E-state index contributed by atoms with van der Waals surface area (Å²) in [7, 11) is 9.45. The Hall–Kier alpha value is -2.82. The van der Waals surface area contributed by atoms with Gasteiger partial charge in [-0.2, -0.15) is 0 Å². The number of hydrogen-bond donors (Lipinski definition) is 0. The molecule has 33 heavy (non-hydrogen) atoms. The van der Waals surface area contributed by atoms with Crippen LogP contribution in [0.15, 0.2) is 60.7 Å². The van der Waals surface area contributed by atoms with Crippen molar-refractivity contribution in [3.63, 3.8) is 0 Å². The Labute approximate surface area is 198 Å². The molecule has 2 unspecified atom stereocenters. The number of fused-ring (bicyclic) bond motifs is 1. The van der Waals surface area contributed by atoms with E-state index in [0.29, 0.717) is 5.92 Å².